The van der Waals surface area contributed by atoms with Gasteiger partial charge >= 0.3 is 0 Å². The first kappa shape index (κ1) is 11.8. The molecule has 0 radical (unpaired) electrons. The standard InChI is InChI=1S/C11H12N2O3S/c14-17(15,16)9-11-4-2-10(3-5-11)8-13-7-1-6-12-13/h1-7H,8-9H2,(H,14,15,16). The summed E-state index contributed by atoms with van der Waals surface area (Å²) in [6.07, 6.45) is 3.55. The second-order valence-corrected chi connectivity index (χ2v) is 5.20. The predicted molar refractivity (Wildman–Crippen MR) is 63.0 cm³/mol. The summed E-state index contributed by atoms with van der Waals surface area (Å²) in [7, 11) is -3.96. The van der Waals surface area contributed by atoms with Gasteiger partial charge in [0.2, 0.25) is 0 Å². The van der Waals surface area contributed by atoms with E-state index >= 15 is 0 Å². The van der Waals surface area contributed by atoms with Crippen molar-refractivity contribution < 1.29 is 13.0 Å². The molecule has 2 rings (SSSR count). The van der Waals surface area contributed by atoms with Gasteiger partial charge in [0, 0.05) is 12.4 Å². The molecular weight excluding hydrogens is 240 g/mol. The molecule has 0 saturated heterocycles. The van der Waals surface area contributed by atoms with Crippen LogP contribution in [0.2, 0.25) is 0 Å². The highest BCUT2D eigenvalue weighted by Crippen LogP contribution is 2.08. The van der Waals surface area contributed by atoms with Crippen molar-refractivity contribution >= 4 is 10.1 Å². The van der Waals surface area contributed by atoms with Crippen LogP contribution < -0.4 is 0 Å². The highest BCUT2D eigenvalue weighted by atomic mass is 32.2. The Morgan fingerprint density at radius 3 is 2.35 bits per heavy atom. The SMILES string of the molecule is O=S(=O)(O)Cc1ccc(Cn2cccn2)cc1. The number of hydrogen-bond acceptors (Lipinski definition) is 3. The van der Waals surface area contributed by atoms with Crippen LogP contribution in [0.3, 0.4) is 0 Å². The summed E-state index contributed by atoms with van der Waals surface area (Å²) in [6, 6.07) is 8.86. The van der Waals surface area contributed by atoms with Crippen LogP contribution in [0.1, 0.15) is 11.1 Å². The van der Waals surface area contributed by atoms with Gasteiger partial charge in [-0.3, -0.25) is 9.23 Å². The van der Waals surface area contributed by atoms with Crippen molar-refractivity contribution in [2.45, 2.75) is 12.3 Å². The van der Waals surface area contributed by atoms with Crippen LogP contribution in [0.15, 0.2) is 42.7 Å². The third-order valence-corrected chi connectivity index (χ3v) is 2.97. The number of hydrogen-bond donors (Lipinski definition) is 1. The molecule has 0 saturated carbocycles. The van der Waals surface area contributed by atoms with Gasteiger partial charge in [0.25, 0.3) is 10.1 Å². The number of rotatable bonds is 4. The van der Waals surface area contributed by atoms with Gasteiger partial charge in [-0.1, -0.05) is 24.3 Å². The quantitative estimate of drug-likeness (QED) is 0.833. The number of nitrogens with zero attached hydrogens (tertiary/aromatic N) is 2. The van der Waals surface area contributed by atoms with E-state index in [0.29, 0.717) is 12.1 Å². The Balaban J connectivity index is 2.08. The smallest absolute Gasteiger partial charge is 0.269 e. The first-order valence-corrected chi connectivity index (χ1v) is 6.64. The lowest BCUT2D eigenvalue weighted by molar-refractivity contribution is 0.482. The summed E-state index contributed by atoms with van der Waals surface area (Å²) in [6.45, 7) is 0.638. The minimum atomic E-state index is -3.96. The Kier molecular flexibility index (Phi) is 3.26. The molecule has 90 valence electrons. The maximum absolute atomic E-state index is 10.7. The molecule has 0 aliphatic heterocycles. The summed E-state index contributed by atoms with van der Waals surface area (Å²) in [5, 5.41) is 4.07. The van der Waals surface area contributed by atoms with Gasteiger partial charge in [-0.15, -0.1) is 0 Å². The Hall–Kier alpha value is -1.66. The van der Waals surface area contributed by atoms with E-state index in [1.165, 1.54) is 0 Å². The van der Waals surface area contributed by atoms with E-state index in [4.69, 9.17) is 4.55 Å². The average Bonchev–Trinajstić information content (AvgIpc) is 2.71. The monoisotopic (exact) mass is 252 g/mol. The molecule has 1 N–H and O–H groups in total. The Labute approximate surface area is 99.5 Å². The van der Waals surface area contributed by atoms with Crippen LogP contribution in [-0.2, 0) is 22.4 Å². The van der Waals surface area contributed by atoms with Gasteiger partial charge < -0.3 is 0 Å². The first-order chi connectivity index (χ1) is 8.03. The first-order valence-electron chi connectivity index (χ1n) is 5.03. The molecule has 6 heteroatoms. The summed E-state index contributed by atoms with van der Waals surface area (Å²) >= 11 is 0. The van der Waals surface area contributed by atoms with Crippen molar-refractivity contribution in [1.82, 2.24) is 9.78 Å². The molecule has 1 aromatic carbocycles. The lowest BCUT2D eigenvalue weighted by atomic mass is 10.1. The average molecular weight is 252 g/mol. The maximum Gasteiger partial charge on any atom is 0.269 e. The molecule has 0 aliphatic carbocycles. The molecule has 0 fully saturated rings. The third-order valence-electron chi connectivity index (χ3n) is 2.28. The largest absolute Gasteiger partial charge is 0.285 e. The molecule has 0 spiro atoms. The maximum atomic E-state index is 10.7. The van der Waals surface area contributed by atoms with Gasteiger partial charge in [-0.2, -0.15) is 13.5 Å². The lowest BCUT2D eigenvalue weighted by Crippen LogP contribution is -2.03. The van der Waals surface area contributed by atoms with Crippen molar-refractivity contribution in [3.8, 4) is 0 Å². The summed E-state index contributed by atoms with van der Waals surface area (Å²) in [5.41, 5.74) is 1.59. The fraction of sp³-hybridized carbons (Fsp3) is 0.182. The molecule has 0 unspecified atom stereocenters. The summed E-state index contributed by atoms with van der Waals surface area (Å²) < 4.78 is 31.8. The minimum absolute atomic E-state index is 0.352. The van der Waals surface area contributed by atoms with Crippen LogP contribution in [0.4, 0.5) is 0 Å². The van der Waals surface area contributed by atoms with E-state index < -0.39 is 10.1 Å². The van der Waals surface area contributed by atoms with Gasteiger partial charge in [-0.25, -0.2) is 0 Å². The van der Waals surface area contributed by atoms with E-state index in [1.54, 1.807) is 23.0 Å². The van der Waals surface area contributed by atoms with Gasteiger partial charge in [-0.05, 0) is 17.2 Å². The molecule has 0 atom stereocenters. The van der Waals surface area contributed by atoms with Crippen LogP contribution in [-0.4, -0.2) is 22.8 Å². The molecule has 0 aliphatic rings. The lowest BCUT2D eigenvalue weighted by Gasteiger charge is -2.03. The minimum Gasteiger partial charge on any atom is -0.285 e. The van der Waals surface area contributed by atoms with Crippen molar-refractivity contribution in [3.05, 3.63) is 53.9 Å². The molecule has 1 heterocycles. The van der Waals surface area contributed by atoms with Crippen LogP contribution in [0, 0.1) is 0 Å². The summed E-state index contributed by atoms with van der Waals surface area (Å²) in [4.78, 5) is 0. The van der Waals surface area contributed by atoms with Gasteiger partial charge in [0.1, 0.15) is 5.75 Å². The molecule has 0 bridgehead atoms. The molecule has 2 aromatic rings. The van der Waals surface area contributed by atoms with Crippen LogP contribution >= 0.6 is 0 Å². The van der Waals surface area contributed by atoms with E-state index in [-0.39, 0.29) is 5.75 Å². The highest BCUT2D eigenvalue weighted by molar-refractivity contribution is 7.85. The molecular formula is C11H12N2O3S. The van der Waals surface area contributed by atoms with Gasteiger partial charge in [0.05, 0.1) is 6.54 Å². The topological polar surface area (TPSA) is 72.2 Å². The number of benzene rings is 1. The predicted octanol–water partition coefficient (Wildman–Crippen LogP) is 1.32. The van der Waals surface area contributed by atoms with Crippen LogP contribution in [0.5, 0.6) is 0 Å². The van der Waals surface area contributed by atoms with Crippen molar-refractivity contribution in [2.75, 3.05) is 0 Å². The molecule has 0 amide bonds. The van der Waals surface area contributed by atoms with E-state index in [0.717, 1.165) is 5.56 Å². The zero-order valence-electron chi connectivity index (χ0n) is 9.02. The van der Waals surface area contributed by atoms with Crippen molar-refractivity contribution in [1.29, 1.82) is 0 Å². The molecule has 17 heavy (non-hydrogen) atoms. The van der Waals surface area contributed by atoms with E-state index in [9.17, 15) is 8.42 Å². The van der Waals surface area contributed by atoms with Crippen LogP contribution in [0.25, 0.3) is 0 Å². The fourth-order valence-electron chi connectivity index (χ4n) is 1.53. The Bertz CT molecular complexity index is 574. The summed E-state index contributed by atoms with van der Waals surface area (Å²) in [5.74, 6) is -0.352. The third kappa shape index (κ3) is 3.69. The second-order valence-electron chi connectivity index (χ2n) is 3.75. The molecule has 5 nitrogen and oxygen atoms in total. The normalized spacial score (nSPS) is 11.6. The highest BCUT2D eigenvalue weighted by Gasteiger charge is 2.06. The van der Waals surface area contributed by atoms with Gasteiger partial charge in [0.15, 0.2) is 0 Å². The Morgan fingerprint density at radius 1 is 1.18 bits per heavy atom. The van der Waals surface area contributed by atoms with E-state index in [1.807, 2.05) is 24.4 Å². The number of aromatic nitrogens is 2. The van der Waals surface area contributed by atoms with Crippen molar-refractivity contribution in [2.24, 2.45) is 0 Å². The Morgan fingerprint density at radius 2 is 1.82 bits per heavy atom. The zero-order valence-corrected chi connectivity index (χ0v) is 9.84. The fourth-order valence-corrected chi connectivity index (χ4v) is 2.15. The second kappa shape index (κ2) is 4.68. The van der Waals surface area contributed by atoms with E-state index in [2.05, 4.69) is 5.10 Å². The van der Waals surface area contributed by atoms with Crippen molar-refractivity contribution in [3.63, 3.8) is 0 Å². The molecule has 1 aromatic heterocycles. The zero-order chi connectivity index (χ0) is 12.3.